The van der Waals surface area contributed by atoms with E-state index in [1.54, 1.807) is 0 Å². The number of rotatable bonds is 2. The van der Waals surface area contributed by atoms with Gasteiger partial charge in [-0.25, -0.2) is 0 Å². The van der Waals surface area contributed by atoms with Crippen molar-refractivity contribution in [1.82, 2.24) is 0 Å². The molecule has 2 fully saturated rings. The number of fused-ring (bicyclic) bond motifs is 2. The van der Waals surface area contributed by atoms with Crippen molar-refractivity contribution in [2.75, 3.05) is 0 Å². The zero-order valence-electron chi connectivity index (χ0n) is 9.90. The summed E-state index contributed by atoms with van der Waals surface area (Å²) >= 11 is 12.2. The molecule has 2 aromatic rings. The summed E-state index contributed by atoms with van der Waals surface area (Å²) in [7, 11) is 0. The van der Waals surface area contributed by atoms with Gasteiger partial charge in [0.15, 0.2) is 0 Å². The van der Waals surface area contributed by atoms with E-state index in [1.165, 1.54) is 39.4 Å². The largest absolute Gasteiger partial charge is 0.142 e. The second-order valence-corrected chi connectivity index (χ2v) is 7.90. The van der Waals surface area contributed by atoms with Crippen LogP contribution in [0, 0.1) is 17.8 Å². The quantitative estimate of drug-likeness (QED) is 0.588. The van der Waals surface area contributed by atoms with Crippen LogP contribution in [0.5, 0.6) is 0 Å². The van der Waals surface area contributed by atoms with Gasteiger partial charge in [-0.2, -0.15) is 0 Å². The summed E-state index contributed by atoms with van der Waals surface area (Å²) in [6.45, 7) is 0. The molecule has 0 aliphatic heterocycles. The van der Waals surface area contributed by atoms with Crippen molar-refractivity contribution in [2.24, 2.45) is 17.8 Å². The van der Waals surface area contributed by atoms with Gasteiger partial charge in [0.05, 0.1) is 5.38 Å². The Balaban J connectivity index is 1.71. The zero-order valence-corrected chi connectivity index (χ0v) is 13.1. The molecule has 0 amide bonds. The molecule has 0 radical (unpaired) electrons. The van der Waals surface area contributed by atoms with Crippen molar-refractivity contribution in [3.8, 4) is 0 Å². The van der Waals surface area contributed by atoms with Crippen molar-refractivity contribution in [3.63, 3.8) is 0 Å². The summed E-state index contributed by atoms with van der Waals surface area (Å²) < 4.78 is 2.52. The highest BCUT2D eigenvalue weighted by atomic mass is 79.9. The van der Waals surface area contributed by atoms with E-state index in [0.717, 1.165) is 11.8 Å². The molecule has 0 nitrogen and oxygen atoms in total. The Morgan fingerprint density at radius 1 is 1.22 bits per heavy atom. The molecular weight excluding hydrogens is 328 g/mol. The maximum absolute atomic E-state index is 6.76. The molecule has 2 aliphatic carbocycles. The van der Waals surface area contributed by atoms with Crippen molar-refractivity contribution < 1.29 is 0 Å². The van der Waals surface area contributed by atoms with Crippen LogP contribution in [-0.4, -0.2) is 0 Å². The molecule has 0 spiro atoms. The first kappa shape index (κ1) is 11.7. The van der Waals surface area contributed by atoms with Crippen molar-refractivity contribution in [3.05, 3.63) is 33.6 Å². The van der Waals surface area contributed by atoms with Gasteiger partial charge in [0.2, 0.25) is 0 Å². The highest BCUT2D eigenvalue weighted by Crippen LogP contribution is 2.59. The van der Waals surface area contributed by atoms with Crippen LogP contribution in [0.25, 0.3) is 10.1 Å². The first-order valence-electron chi connectivity index (χ1n) is 6.53. The van der Waals surface area contributed by atoms with Gasteiger partial charge in [0.1, 0.15) is 0 Å². The van der Waals surface area contributed by atoms with Crippen molar-refractivity contribution in [1.29, 1.82) is 0 Å². The molecule has 0 saturated heterocycles. The van der Waals surface area contributed by atoms with Crippen LogP contribution >= 0.6 is 38.9 Å². The van der Waals surface area contributed by atoms with Crippen LogP contribution in [0.1, 0.15) is 30.2 Å². The predicted molar refractivity (Wildman–Crippen MR) is 82.4 cm³/mol. The summed E-state index contributed by atoms with van der Waals surface area (Å²) in [5, 5.41) is 3.81. The van der Waals surface area contributed by atoms with E-state index >= 15 is 0 Å². The van der Waals surface area contributed by atoms with Crippen LogP contribution < -0.4 is 0 Å². The van der Waals surface area contributed by atoms with E-state index in [-0.39, 0.29) is 5.38 Å². The van der Waals surface area contributed by atoms with Gasteiger partial charge in [-0.3, -0.25) is 0 Å². The molecule has 18 heavy (non-hydrogen) atoms. The highest BCUT2D eigenvalue weighted by Gasteiger charge is 2.48. The Labute approximate surface area is 124 Å². The van der Waals surface area contributed by atoms with Gasteiger partial charge in [0, 0.05) is 9.17 Å². The van der Waals surface area contributed by atoms with Gasteiger partial charge >= 0.3 is 0 Å². The zero-order chi connectivity index (χ0) is 12.3. The minimum atomic E-state index is 0.209. The van der Waals surface area contributed by atoms with Crippen LogP contribution in [0.3, 0.4) is 0 Å². The standard InChI is InChI=1S/C15H14BrClS/c16-13-3-1-2-11-12(7-18-15(11)13)14(17)10-5-8-4-9(8)6-10/h1-3,7-10,14H,4-6H2. The van der Waals surface area contributed by atoms with E-state index in [1.807, 2.05) is 11.3 Å². The summed E-state index contributed by atoms with van der Waals surface area (Å²) in [6, 6.07) is 6.42. The van der Waals surface area contributed by atoms with E-state index in [4.69, 9.17) is 11.6 Å². The van der Waals surface area contributed by atoms with Gasteiger partial charge in [-0.1, -0.05) is 12.1 Å². The van der Waals surface area contributed by atoms with Crippen LogP contribution in [0.4, 0.5) is 0 Å². The predicted octanol–water partition coefficient (Wildman–Crippen LogP) is 5.99. The number of thiophene rings is 1. The second-order valence-electron chi connectivity index (χ2n) is 5.70. The fourth-order valence-electron chi connectivity index (χ4n) is 3.51. The Bertz CT molecular complexity index is 596. The number of hydrogen-bond donors (Lipinski definition) is 0. The molecule has 0 bridgehead atoms. The third-order valence-corrected chi connectivity index (χ3v) is 7.13. The molecule has 3 heteroatoms. The van der Waals surface area contributed by atoms with E-state index < -0.39 is 0 Å². The molecule has 94 valence electrons. The van der Waals surface area contributed by atoms with Gasteiger partial charge < -0.3 is 0 Å². The molecule has 3 unspecified atom stereocenters. The lowest BCUT2D eigenvalue weighted by molar-refractivity contribution is 0.473. The summed E-state index contributed by atoms with van der Waals surface area (Å²) in [5.41, 5.74) is 1.35. The Morgan fingerprint density at radius 2 is 2.00 bits per heavy atom. The summed E-state index contributed by atoms with van der Waals surface area (Å²) in [6.07, 6.45) is 4.17. The van der Waals surface area contributed by atoms with E-state index in [2.05, 4.69) is 39.5 Å². The Morgan fingerprint density at radius 3 is 2.78 bits per heavy atom. The lowest BCUT2D eigenvalue weighted by Crippen LogP contribution is -2.05. The fourth-order valence-corrected chi connectivity index (χ4v) is 5.63. The Hall–Kier alpha value is -0.0500. The maximum atomic E-state index is 6.76. The minimum Gasteiger partial charge on any atom is -0.142 e. The minimum absolute atomic E-state index is 0.209. The van der Waals surface area contributed by atoms with Gasteiger partial charge in [-0.05, 0) is 75.3 Å². The highest BCUT2D eigenvalue weighted by molar-refractivity contribution is 9.10. The molecule has 2 saturated carbocycles. The number of alkyl halides is 1. The van der Waals surface area contributed by atoms with Gasteiger partial charge in [0.25, 0.3) is 0 Å². The van der Waals surface area contributed by atoms with Crippen molar-refractivity contribution >= 4 is 49.0 Å². The summed E-state index contributed by atoms with van der Waals surface area (Å²) in [4.78, 5) is 0. The molecule has 4 rings (SSSR count). The third kappa shape index (κ3) is 1.76. The van der Waals surface area contributed by atoms with Crippen molar-refractivity contribution in [2.45, 2.75) is 24.6 Å². The number of halogens is 2. The molecule has 1 heterocycles. The first-order chi connectivity index (χ1) is 8.74. The number of benzene rings is 1. The summed E-state index contributed by atoms with van der Waals surface area (Å²) in [5.74, 6) is 2.72. The van der Waals surface area contributed by atoms with Crippen LogP contribution in [0.15, 0.2) is 28.1 Å². The maximum Gasteiger partial charge on any atom is 0.0627 e. The number of hydrogen-bond acceptors (Lipinski definition) is 1. The molecule has 2 aliphatic rings. The van der Waals surface area contributed by atoms with Crippen LogP contribution in [0.2, 0.25) is 0 Å². The Kier molecular flexibility index (Phi) is 2.76. The molecule has 0 N–H and O–H groups in total. The molecule has 1 aromatic carbocycles. The molecule has 3 atom stereocenters. The smallest absolute Gasteiger partial charge is 0.0627 e. The first-order valence-corrected chi connectivity index (χ1v) is 8.64. The fraction of sp³-hybridized carbons (Fsp3) is 0.467. The van der Waals surface area contributed by atoms with Gasteiger partial charge in [-0.15, -0.1) is 22.9 Å². The lowest BCUT2D eigenvalue weighted by Gasteiger charge is -2.18. The SMILES string of the molecule is ClC(c1csc2c(Br)cccc12)C1CC2CC2C1. The topological polar surface area (TPSA) is 0 Å². The molecular formula is C15H14BrClS. The van der Waals surface area contributed by atoms with Crippen LogP contribution in [-0.2, 0) is 0 Å². The normalized spacial score (nSPS) is 31.6. The molecule has 1 aromatic heterocycles. The third-order valence-electron chi connectivity index (χ3n) is 4.57. The lowest BCUT2D eigenvalue weighted by atomic mass is 9.94. The average molecular weight is 342 g/mol. The average Bonchev–Trinajstić information content (AvgIpc) is 2.81. The van der Waals surface area contributed by atoms with E-state index in [9.17, 15) is 0 Å². The monoisotopic (exact) mass is 340 g/mol. The second kappa shape index (κ2) is 4.22. The van der Waals surface area contributed by atoms with E-state index in [0.29, 0.717) is 5.92 Å².